The van der Waals surface area contributed by atoms with E-state index in [1.54, 1.807) is 4.90 Å². The summed E-state index contributed by atoms with van der Waals surface area (Å²) >= 11 is 0. The monoisotopic (exact) mass is 232 g/mol. The Bertz CT molecular complexity index is 430. The lowest BCUT2D eigenvalue weighted by molar-refractivity contribution is -0.128. The number of nitrogens with one attached hydrogen (secondary N) is 1. The van der Waals surface area contributed by atoms with Gasteiger partial charge in [-0.2, -0.15) is 0 Å². The fraction of sp³-hybridized carbons (Fsp3) is 0.385. The van der Waals surface area contributed by atoms with E-state index < -0.39 is 0 Å². The van der Waals surface area contributed by atoms with Crippen molar-refractivity contribution in [2.24, 2.45) is 0 Å². The Kier molecular flexibility index (Phi) is 3.13. The molecular weight excluding hydrogens is 216 g/mol. The summed E-state index contributed by atoms with van der Waals surface area (Å²) in [5.74, 6) is -0.117. The van der Waals surface area contributed by atoms with Crippen LogP contribution in [-0.4, -0.2) is 28.8 Å². The molecular formula is C13H16N2O2. The third-order valence-corrected chi connectivity index (χ3v) is 3.05. The van der Waals surface area contributed by atoms with Crippen LogP contribution in [0.2, 0.25) is 0 Å². The molecule has 17 heavy (non-hydrogen) atoms. The maximum Gasteiger partial charge on any atom is 0.245 e. The molecule has 1 aromatic carbocycles. The van der Waals surface area contributed by atoms with Crippen molar-refractivity contribution < 1.29 is 9.59 Å². The van der Waals surface area contributed by atoms with Crippen LogP contribution in [0.1, 0.15) is 19.4 Å². The normalized spacial score (nSPS) is 22.1. The Morgan fingerprint density at radius 1 is 1.29 bits per heavy atom. The predicted molar refractivity (Wildman–Crippen MR) is 64.1 cm³/mol. The first-order valence-corrected chi connectivity index (χ1v) is 5.72. The minimum Gasteiger partial charge on any atom is -0.350 e. The van der Waals surface area contributed by atoms with Crippen LogP contribution in [0.15, 0.2) is 30.3 Å². The van der Waals surface area contributed by atoms with Crippen molar-refractivity contribution in [1.82, 2.24) is 10.2 Å². The topological polar surface area (TPSA) is 49.2 Å². The minimum absolute atomic E-state index is 0.0308. The molecule has 4 heteroatoms. The highest BCUT2D eigenvalue weighted by Crippen LogP contribution is 2.27. The van der Waals surface area contributed by atoms with Crippen LogP contribution >= 0.6 is 0 Å². The molecule has 0 aromatic heterocycles. The first kappa shape index (κ1) is 11.6. The fourth-order valence-corrected chi connectivity index (χ4v) is 2.07. The van der Waals surface area contributed by atoms with Gasteiger partial charge in [-0.05, 0) is 12.5 Å². The largest absolute Gasteiger partial charge is 0.350 e. The number of rotatable bonds is 3. The van der Waals surface area contributed by atoms with Crippen molar-refractivity contribution in [3.63, 3.8) is 0 Å². The highest BCUT2D eigenvalue weighted by atomic mass is 16.2. The van der Waals surface area contributed by atoms with Gasteiger partial charge in [0.15, 0.2) is 0 Å². The second kappa shape index (κ2) is 4.57. The first-order valence-electron chi connectivity index (χ1n) is 5.72. The molecule has 2 atom stereocenters. The average Bonchev–Trinajstić information content (AvgIpc) is 2.99. The van der Waals surface area contributed by atoms with Gasteiger partial charge in [-0.1, -0.05) is 30.3 Å². The van der Waals surface area contributed by atoms with Crippen molar-refractivity contribution >= 4 is 11.8 Å². The highest BCUT2D eigenvalue weighted by Gasteiger charge is 2.50. The van der Waals surface area contributed by atoms with Crippen molar-refractivity contribution in [1.29, 1.82) is 0 Å². The Hall–Kier alpha value is -1.84. The van der Waals surface area contributed by atoms with Crippen LogP contribution in [0.3, 0.4) is 0 Å². The summed E-state index contributed by atoms with van der Waals surface area (Å²) in [5.41, 5.74) is 1.06. The molecule has 1 N–H and O–H groups in total. The third kappa shape index (κ3) is 2.46. The number of hydrogen-bond donors (Lipinski definition) is 1. The lowest BCUT2D eigenvalue weighted by Gasteiger charge is -2.04. The molecule has 1 fully saturated rings. The van der Waals surface area contributed by atoms with Crippen molar-refractivity contribution in [2.75, 3.05) is 0 Å². The van der Waals surface area contributed by atoms with Gasteiger partial charge in [-0.15, -0.1) is 0 Å². The maximum absolute atomic E-state index is 11.8. The van der Waals surface area contributed by atoms with E-state index in [0.717, 1.165) is 5.56 Å². The average molecular weight is 232 g/mol. The number of carbonyl (C=O) groups excluding carboxylic acids is 2. The maximum atomic E-state index is 11.8. The molecule has 2 rings (SSSR count). The van der Waals surface area contributed by atoms with Gasteiger partial charge in [0.2, 0.25) is 11.8 Å². The van der Waals surface area contributed by atoms with E-state index in [9.17, 15) is 9.59 Å². The standard InChI is InChI=1S/C13H16N2O2/c1-9-12(15(9)10(2)16)13(17)14-8-11-6-4-3-5-7-11/h3-7,9,12H,8H2,1-2H3,(H,14,17)/t9-,12-,15?/m0/s1. The van der Waals surface area contributed by atoms with E-state index in [1.807, 2.05) is 37.3 Å². The Morgan fingerprint density at radius 3 is 2.47 bits per heavy atom. The molecule has 1 aliphatic rings. The molecule has 1 saturated heterocycles. The third-order valence-electron chi connectivity index (χ3n) is 3.05. The van der Waals surface area contributed by atoms with Gasteiger partial charge in [-0.3, -0.25) is 9.59 Å². The van der Waals surface area contributed by atoms with E-state index in [0.29, 0.717) is 6.54 Å². The van der Waals surface area contributed by atoms with Gasteiger partial charge in [-0.25, -0.2) is 0 Å². The second-order valence-corrected chi connectivity index (χ2v) is 4.32. The van der Waals surface area contributed by atoms with Crippen LogP contribution in [0.4, 0.5) is 0 Å². The first-order chi connectivity index (χ1) is 8.11. The molecule has 0 unspecified atom stereocenters. The smallest absolute Gasteiger partial charge is 0.245 e. The van der Waals surface area contributed by atoms with Crippen molar-refractivity contribution in [3.05, 3.63) is 35.9 Å². The van der Waals surface area contributed by atoms with Gasteiger partial charge in [0.25, 0.3) is 0 Å². The summed E-state index contributed by atoms with van der Waals surface area (Å²) in [6, 6.07) is 9.47. The van der Waals surface area contributed by atoms with Crippen LogP contribution in [-0.2, 0) is 16.1 Å². The van der Waals surface area contributed by atoms with E-state index in [4.69, 9.17) is 0 Å². The zero-order valence-corrected chi connectivity index (χ0v) is 10.0. The molecule has 0 spiro atoms. The molecule has 0 aliphatic carbocycles. The molecule has 0 saturated carbocycles. The number of amides is 2. The molecule has 1 aromatic rings. The molecule has 4 nitrogen and oxygen atoms in total. The van der Waals surface area contributed by atoms with Gasteiger partial charge < -0.3 is 10.2 Å². The van der Waals surface area contributed by atoms with Crippen molar-refractivity contribution in [2.45, 2.75) is 32.5 Å². The van der Waals surface area contributed by atoms with E-state index >= 15 is 0 Å². The quantitative estimate of drug-likeness (QED) is 0.788. The molecule has 0 radical (unpaired) electrons. The lowest BCUT2D eigenvalue weighted by Crippen LogP contribution is -2.30. The molecule has 1 aliphatic heterocycles. The highest BCUT2D eigenvalue weighted by molar-refractivity contribution is 5.92. The van der Waals surface area contributed by atoms with Crippen LogP contribution in [0.5, 0.6) is 0 Å². The number of carbonyl (C=O) groups is 2. The zero-order valence-electron chi connectivity index (χ0n) is 10.0. The van der Waals surface area contributed by atoms with Gasteiger partial charge >= 0.3 is 0 Å². The van der Waals surface area contributed by atoms with Crippen LogP contribution in [0.25, 0.3) is 0 Å². The second-order valence-electron chi connectivity index (χ2n) is 4.32. The molecule has 2 amide bonds. The summed E-state index contributed by atoms with van der Waals surface area (Å²) in [6.45, 7) is 3.88. The number of nitrogens with zero attached hydrogens (tertiary/aromatic N) is 1. The SMILES string of the molecule is CC(=O)N1[C@H](C(=O)NCc2ccccc2)[C@@H]1C. The van der Waals surface area contributed by atoms with Gasteiger partial charge in [0.1, 0.15) is 6.04 Å². The Morgan fingerprint density at radius 2 is 1.94 bits per heavy atom. The Labute approximate surface area is 101 Å². The van der Waals surface area contributed by atoms with E-state index in [-0.39, 0.29) is 23.9 Å². The minimum atomic E-state index is -0.281. The number of benzene rings is 1. The summed E-state index contributed by atoms with van der Waals surface area (Å²) in [7, 11) is 0. The lowest BCUT2D eigenvalue weighted by atomic mass is 10.2. The van der Waals surface area contributed by atoms with Crippen molar-refractivity contribution in [3.8, 4) is 0 Å². The molecule has 0 bridgehead atoms. The molecule has 1 heterocycles. The van der Waals surface area contributed by atoms with Gasteiger partial charge in [0, 0.05) is 13.5 Å². The molecule has 90 valence electrons. The van der Waals surface area contributed by atoms with Gasteiger partial charge in [0.05, 0.1) is 6.04 Å². The summed E-state index contributed by atoms with van der Waals surface area (Å²) in [5, 5.41) is 2.84. The summed E-state index contributed by atoms with van der Waals surface area (Å²) < 4.78 is 0. The number of hydrogen-bond acceptors (Lipinski definition) is 2. The summed E-state index contributed by atoms with van der Waals surface area (Å²) in [4.78, 5) is 24.5. The van der Waals surface area contributed by atoms with Crippen LogP contribution < -0.4 is 5.32 Å². The van der Waals surface area contributed by atoms with E-state index in [2.05, 4.69) is 5.32 Å². The van der Waals surface area contributed by atoms with E-state index in [1.165, 1.54) is 6.92 Å². The summed E-state index contributed by atoms with van der Waals surface area (Å²) in [6.07, 6.45) is 0. The Balaban J connectivity index is 1.85. The fourth-order valence-electron chi connectivity index (χ4n) is 2.07. The predicted octanol–water partition coefficient (Wildman–Crippen LogP) is 0.922. The van der Waals surface area contributed by atoms with Crippen LogP contribution in [0, 0.1) is 0 Å². The zero-order chi connectivity index (χ0) is 12.4.